The largest absolute Gasteiger partial charge is 0.353 e. The fourth-order valence-corrected chi connectivity index (χ4v) is 2.78. The third-order valence-electron chi connectivity index (χ3n) is 4.21. The van der Waals surface area contributed by atoms with E-state index in [0.29, 0.717) is 12.0 Å². The van der Waals surface area contributed by atoms with Crippen LogP contribution in [0.1, 0.15) is 32.8 Å². The zero-order valence-electron chi connectivity index (χ0n) is 12.8. The lowest BCUT2D eigenvalue weighted by Gasteiger charge is -2.33. The predicted octanol–water partition coefficient (Wildman–Crippen LogP) is 2.37. The molecule has 20 heavy (non-hydrogen) atoms. The fourth-order valence-electron chi connectivity index (χ4n) is 2.78. The Morgan fingerprint density at radius 1 is 1.35 bits per heavy atom. The van der Waals surface area contributed by atoms with Crippen LogP contribution in [0.25, 0.3) is 0 Å². The molecule has 1 heterocycles. The second-order valence-corrected chi connectivity index (χ2v) is 6.60. The average Bonchev–Trinajstić information content (AvgIpc) is 2.42. The number of benzene rings is 1. The van der Waals surface area contributed by atoms with Gasteiger partial charge in [0.05, 0.1) is 0 Å². The maximum absolute atomic E-state index is 12.6. The quantitative estimate of drug-likeness (QED) is 0.885. The Balaban J connectivity index is 1.96. The van der Waals surface area contributed by atoms with Crippen LogP contribution in [-0.2, 0) is 11.2 Å². The molecule has 0 radical (unpaired) electrons. The predicted molar refractivity (Wildman–Crippen MR) is 82.5 cm³/mol. The van der Waals surface area contributed by atoms with E-state index in [1.165, 1.54) is 5.56 Å². The van der Waals surface area contributed by atoms with E-state index in [1.54, 1.807) is 0 Å². The Kier molecular flexibility index (Phi) is 4.81. The van der Waals surface area contributed by atoms with E-state index in [4.69, 9.17) is 0 Å². The highest BCUT2D eigenvalue weighted by Crippen LogP contribution is 2.23. The molecule has 0 aliphatic carbocycles. The van der Waals surface area contributed by atoms with E-state index in [1.807, 2.05) is 32.0 Å². The number of carbonyl (C=O) groups is 1. The first-order chi connectivity index (χ1) is 9.49. The van der Waals surface area contributed by atoms with E-state index < -0.39 is 0 Å². The van der Waals surface area contributed by atoms with Crippen molar-refractivity contribution >= 4 is 5.91 Å². The van der Waals surface area contributed by atoms with Gasteiger partial charge in [-0.25, -0.2) is 0 Å². The molecule has 1 aliphatic rings. The second-order valence-electron chi connectivity index (χ2n) is 6.60. The first-order valence-electron chi connectivity index (χ1n) is 7.54. The van der Waals surface area contributed by atoms with Gasteiger partial charge >= 0.3 is 0 Å². The second kappa shape index (κ2) is 6.40. The summed E-state index contributed by atoms with van der Waals surface area (Å²) in [4.78, 5) is 12.6. The summed E-state index contributed by atoms with van der Waals surface area (Å²) in [6.45, 7) is 8.24. The van der Waals surface area contributed by atoms with Crippen LogP contribution in [-0.4, -0.2) is 25.0 Å². The summed E-state index contributed by atoms with van der Waals surface area (Å²) >= 11 is 0. The number of carbonyl (C=O) groups excluding carboxylic acids is 1. The van der Waals surface area contributed by atoms with Crippen LogP contribution in [0, 0.1) is 11.3 Å². The topological polar surface area (TPSA) is 41.1 Å². The summed E-state index contributed by atoms with van der Waals surface area (Å²) in [5.41, 5.74) is 0.845. The van der Waals surface area contributed by atoms with Gasteiger partial charge in [-0.2, -0.15) is 0 Å². The zero-order chi connectivity index (χ0) is 14.6. The monoisotopic (exact) mass is 274 g/mol. The van der Waals surface area contributed by atoms with Gasteiger partial charge in [-0.3, -0.25) is 4.79 Å². The molecule has 2 unspecified atom stereocenters. The van der Waals surface area contributed by atoms with E-state index in [9.17, 15) is 4.79 Å². The standard InChI is InChI=1S/C17H26N2O/c1-13-12-18-10-9-15(13)19-16(20)17(2,3)11-14-7-5-4-6-8-14/h4-8,13,15,18H,9-12H2,1-3H3,(H,19,20). The van der Waals surface area contributed by atoms with Gasteiger partial charge in [-0.05, 0) is 37.4 Å². The molecule has 0 spiro atoms. The van der Waals surface area contributed by atoms with E-state index in [-0.39, 0.29) is 11.3 Å². The minimum absolute atomic E-state index is 0.167. The van der Waals surface area contributed by atoms with Crippen molar-refractivity contribution in [2.24, 2.45) is 11.3 Å². The molecule has 3 heteroatoms. The third-order valence-corrected chi connectivity index (χ3v) is 4.21. The van der Waals surface area contributed by atoms with Gasteiger partial charge in [0, 0.05) is 11.5 Å². The Morgan fingerprint density at radius 3 is 2.70 bits per heavy atom. The normalized spacial score (nSPS) is 23.4. The van der Waals surface area contributed by atoms with Crippen molar-refractivity contribution in [1.82, 2.24) is 10.6 Å². The molecule has 2 atom stereocenters. The maximum Gasteiger partial charge on any atom is 0.226 e. The highest BCUT2D eigenvalue weighted by molar-refractivity contribution is 5.82. The van der Waals surface area contributed by atoms with E-state index >= 15 is 0 Å². The van der Waals surface area contributed by atoms with Crippen LogP contribution in [0.3, 0.4) is 0 Å². The summed E-state index contributed by atoms with van der Waals surface area (Å²) < 4.78 is 0. The average molecular weight is 274 g/mol. The first kappa shape index (κ1) is 15.0. The molecule has 3 nitrogen and oxygen atoms in total. The molecule has 2 N–H and O–H groups in total. The molecule has 0 saturated carbocycles. The van der Waals surface area contributed by atoms with Crippen molar-refractivity contribution in [3.05, 3.63) is 35.9 Å². The van der Waals surface area contributed by atoms with Gasteiger partial charge in [0.25, 0.3) is 0 Å². The Hall–Kier alpha value is -1.35. The lowest BCUT2D eigenvalue weighted by molar-refractivity contribution is -0.130. The van der Waals surface area contributed by atoms with Crippen LogP contribution < -0.4 is 10.6 Å². The lowest BCUT2D eigenvalue weighted by atomic mass is 9.83. The molecular weight excluding hydrogens is 248 g/mol. The number of rotatable bonds is 4. The number of hydrogen-bond donors (Lipinski definition) is 2. The van der Waals surface area contributed by atoms with Crippen molar-refractivity contribution in [2.45, 2.75) is 39.7 Å². The summed E-state index contributed by atoms with van der Waals surface area (Å²) in [6, 6.07) is 10.5. The SMILES string of the molecule is CC1CNCCC1NC(=O)C(C)(C)Cc1ccccc1. The smallest absolute Gasteiger partial charge is 0.226 e. The zero-order valence-corrected chi connectivity index (χ0v) is 12.8. The summed E-state index contributed by atoms with van der Waals surface area (Å²) in [5, 5.41) is 6.62. The van der Waals surface area contributed by atoms with Crippen molar-refractivity contribution < 1.29 is 4.79 Å². The molecule has 2 rings (SSSR count). The fraction of sp³-hybridized carbons (Fsp3) is 0.588. The molecule has 1 aliphatic heterocycles. The van der Waals surface area contributed by atoms with Gasteiger partial charge in [0.2, 0.25) is 5.91 Å². The molecule has 1 aromatic rings. The minimum Gasteiger partial charge on any atom is -0.353 e. The number of piperidine rings is 1. The van der Waals surface area contributed by atoms with Crippen LogP contribution in [0.2, 0.25) is 0 Å². The van der Waals surface area contributed by atoms with Crippen LogP contribution in [0.4, 0.5) is 0 Å². The minimum atomic E-state index is -0.369. The Labute approximate surface area is 122 Å². The first-order valence-corrected chi connectivity index (χ1v) is 7.54. The summed E-state index contributed by atoms with van der Waals surface area (Å²) in [6.07, 6.45) is 1.80. The molecule has 1 amide bonds. The van der Waals surface area contributed by atoms with Crippen molar-refractivity contribution in [3.63, 3.8) is 0 Å². The van der Waals surface area contributed by atoms with Gasteiger partial charge in [0.15, 0.2) is 0 Å². The summed E-state index contributed by atoms with van der Waals surface area (Å²) in [5.74, 6) is 0.667. The molecule has 110 valence electrons. The number of hydrogen-bond acceptors (Lipinski definition) is 2. The lowest BCUT2D eigenvalue weighted by Crippen LogP contribution is -2.51. The maximum atomic E-state index is 12.6. The van der Waals surface area contributed by atoms with Gasteiger partial charge in [-0.15, -0.1) is 0 Å². The van der Waals surface area contributed by atoms with Gasteiger partial charge in [-0.1, -0.05) is 51.1 Å². The van der Waals surface area contributed by atoms with Crippen LogP contribution >= 0.6 is 0 Å². The van der Waals surface area contributed by atoms with Crippen molar-refractivity contribution in [1.29, 1.82) is 0 Å². The number of amides is 1. The molecule has 0 aromatic heterocycles. The molecule has 1 aromatic carbocycles. The molecular formula is C17H26N2O. The van der Waals surface area contributed by atoms with Gasteiger partial charge < -0.3 is 10.6 Å². The molecule has 1 saturated heterocycles. The highest BCUT2D eigenvalue weighted by Gasteiger charge is 2.31. The van der Waals surface area contributed by atoms with E-state index in [2.05, 4.69) is 29.7 Å². The van der Waals surface area contributed by atoms with Crippen molar-refractivity contribution in [3.8, 4) is 0 Å². The highest BCUT2D eigenvalue weighted by atomic mass is 16.2. The summed E-state index contributed by atoms with van der Waals surface area (Å²) in [7, 11) is 0. The van der Waals surface area contributed by atoms with Gasteiger partial charge in [0.1, 0.15) is 0 Å². The van der Waals surface area contributed by atoms with Crippen molar-refractivity contribution in [2.75, 3.05) is 13.1 Å². The van der Waals surface area contributed by atoms with Crippen LogP contribution in [0.5, 0.6) is 0 Å². The van der Waals surface area contributed by atoms with Crippen LogP contribution in [0.15, 0.2) is 30.3 Å². The molecule has 1 fully saturated rings. The molecule has 0 bridgehead atoms. The number of nitrogens with one attached hydrogen (secondary N) is 2. The third kappa shape index (κ3) is 3.83. The Morgan fingerprint density at radius 2 is 2.05 bits per heavy atom. The Bertz CT molecular complexity index is 442. The van der Waals surface area contributed by atoms with E-state index in [0.717, 1.165) is 25.9 Å².